The zero-order valence-corrected chi connectivity index (χ0v) is 8.17. The smallest absolute Gasteiger partial charge is 0.312 e. The topological polar surface area (TPSA) is 109 Å². The van der Waals surface area contributed by atoms with Gasteiger partial charge in [0.2, 0.25) is 0 Å². The second-order valence-electron chi connectivity index (χ2n) is 2.55. The first-order valence-corrected chi connectivity index (χ1v) is 4.34. The average Bonchev–Trinajstić information content (AvgIpc) is 2.47. The highest BCUT2D eigenvalue weighted by Gasteiger charge is 2.03. The first-order chi connectivity index (χ1) is 6.65. The molecule has 0 spiro atoms. The number of aromatic nitrogens is 3. The zero-order valence-electron chi connectivity index (χ0n) is 7.36. The highest BCUT2D eigenvalue weighted by atomic mass is 32.1. The van der Waals surface area contributed by atoms with E-state index in [0.717, 1.165) is 0 Å². The molecule has 0 bridgehead atoms. The summed E-state index contributed by atoms with van der Waals surface area (Å²) in [4.78, 5) is 10.4. The SMILES string of the molecule is NC(=O)NCCn1c(CO)n[nH]c1=S. The standard InChI is InChI=1S/C6H11N5O2S/c7-5(13)8-1-2-11-4(3-12)9-10-6(11)14/h12H,1-3H2,(H,10,14)(H3,7,8,13). The molecule has 1 rings (SSSR count). The summed E-state index contributed by atoms with van der Waals surface area (Å²) in [7, 11) is 0. The predicted octanol–water partition coefficient (Wildman–Crippen LogP) is -0.899. The van der Waals surface area contributed by atoms with E-state index < -0.39 is 6.03 Å². The number of aromatic amines is 1. The van der Waals surface area contributed by atoms with E-state index in [1.54, 1.807) is 4.57 Å². The van der Waals surface area contributed by atoms with Crippen molar-refractivity contribution in [2.75, 3.05) is 6.54 Å². The van der Waals surface area contributed by atoms with Crippen LogP contribution in [0.2, 0.25) is 0 Å². The lowest BCUT2D eigenvalue weighted by Gasteiger charge is -2.04. The minimum atomic E-state index is -0.592. The molecule has 1 aromatic heterocycles. The van der Waals surface area contributed by atoms with Crippen LogP contribution in [0.4, 0.5) is 4.79 Å². The number of aliphatic hydroxyl groups is 1. The van der Waals surface area contributed by atoms with Crippen molar-refractivity contribution in [3.8, 4) is 0 Å². The molecule has 1 heterocycles. The molecule has 78 valence electrons. The van der Waals surface area contributed by atoms with Crippen LogP contribution in [0, 0.1) is 4.77 Å². The van der Waals surface area contributed by atoms with Crippen molar-refractivity contribution in [1.82, 2.24) is 20.1 Å². The van der Waals surface area contributed by atoms with Gasteiger partial charge in [-0.3, -0.25) is 5.10 Å². The van der Waals surface area contributed by atoms with Crippen molar-refractivity contribution < 1.29 is 9.90 Å². The fraction of sp³-hybridized carbons (Fsp3) is 0.500. The van der Waals surface area contributed by atoms with Crippen LogP contribution in [0.15, 0.2) is 0 Å². The molecule has 0 atom stereocenters. The van der Waals surface area contributed by atoms with Gasteiger partial charge in [-0.15, -0.1) is 0 Å². The van der Waals surface area contributed by atoms with E-state index in [9.17, 15) is 4.79 Å². The van der Waals surface area contributed by atoms with Crippen molar-refractivity contribution in [2.24, 2.45) is 5.73 Å². The molecule has 0 saturated heterocycles. The third-order valence-electron chi connectivity index (χ3n) is 1.61. The summed E-state index contributed by atoms with van der Waals surface area (Å²) in [5, 5.41) is 17.6. The Morgan fingerprint density at radius 2 is 2.50 bits per heavy atom. The molecule has 14 heavy (non-hydrogen) atoms. The van der Waals surface area contributed by atoms with Crippen molar-refractivity contribution in [1.29, 1.82) is 0 Å². The number of carbonyl (C=O) groups is 1. The third-order valence-corrected chi connectivity index (χ3v) is 1.93. The average molecular weight is 217 g/mol. The molecule has 1 aromatic rings. The van der Waals surface area contributed by atoms with Gasteiger partial charge < -0.3 is 20.7 Å². The van der Waals surface area contributed by atoms with Gasteiger partial charge in [-0.2, -0.15) is 5.10 Å². The van der Waals surface area contributed by atoms with Crippen LogP contribution in [0.5, 0.6) is 0 Å². The summed E-state index contributed by atoms with van der Waals surface area (Å²) in [6, 6.07) is -0.592. The Morgan fingerprint density at radius 1 is 1.79 bits per heavy atom. The number of aliphatic hydroxyl groups excluding tert-OH is 1. The van der Waals surface area contributed by atoms with Crippen LogP contribution in [0.3, 0.4) is 0 Å². The van der Waals surface area contributed by atoms with Crippen LogP contribution in [0.25, 0.3) is 0 Å². The molecule has 0 aliphatic carbocycles. The first kappa shape index (κ1) is 10.7. The monoisotopic (exact) mass is 217 g/mol. The van der Waals surface area contributed by atoms with Crippen molar-refractivity contribution >= 4 is 18.2 Å². The maximum Gasteiger partial charge on any atom is 0.312 e. The molecule has 0 saturated carbocycles. The predicted molar refractivity (Wildman–Crippen MR) is 50.9 cm³/mol. The normalized spacial score (nSPS) is 10.1. The molecule has 0 radical (unpaired) electrons. The summed E-state index contributed by atoms with van der Waals surface area (Å²) in [5.74, 6) is 0.432. The number of primary amides is 1. The number of hydrogen-bond acceptors (Lipinski definition) is 4. The number of nitrogens with zero attached hydrogens (tertiary/aromatic N) is 2. The lowest BCUT2D eigenvalue weighted by molar-refractivity contribution is 0.248. The molecule has 5 N–H and O–H groups in total. The zero-order chi connectivity index (χ0) is 10.6. The van der Waals surface area contributed by atoms with E-state index >= 15 is 0 Å². The van der Waals surface area contributed by atoms with E-state index in [-0.39, 0.29) is 6.61 Å². The van der Waals surface area contributed by atoms with Crippen LogP contribution in [-0.2, 0) is 13.2 Å². The lowest BCUT2D eigenvalue weighted by atomic mass is 10.5. The van der Waals surface area contributed by atoms with E-state index in [1.807, 2.05) is 0 Å². The Balaban J connectivity index is 2.61. The van der Waals surface area contributed by atoms with Gasteiger partial charge in [-0.1, -0.05) is 0 Å². The molecule has 0 aliphatic heterocycles. The van der Waals surface area contributed by atoms with Crippen molar-refractivity contribution in [3.05, 3.63) is 10.6 Å². The molecule has 0 fully saturated rings. The fourth-order valence-corrected chi connectivity index (χ4v) is 1.23. The van der Waals surface area contributed by atoms with Gasteiger partial charge in [-0.05, 0) is 12.2 Å². The second-order valence-corrected chi connectivity index (χ2v) is 2.93. The van der Waals surface area contributed by atoms with Gasteiger partial charge in [0.15, 0.2) is 10.6 Å². The van der Waals surface area contributed by atoms with E-state index in [2.05, 4.69) is 15.5 Å². The van der Waals surface area contributed by atoms with Gasteiger partial charge in [0, 0.05) is 13.1 Å². The summed E-state index contributed by atoms with van der Waals surface area (Å²) >= 11 is 4.91. The van der Waals surface area contributed by atoms with E-state index in [0.29, 0.717) is 23.7 Å². The van der Waals surface area contributed by atoms with Crippen LogP contribution >= 0.6 is 12.2 Å². The minimum absolute atomic E-state index is 0.205. The van der Waals surface area contributed by atoms with Crippen molar-refractivity contribution in [2.45, 2.75) is 13.2 Å². The van der Waals surface area contributed by atoms with Gasteiger partial charge >= 0.3 is 6.03 Å². The molecule has 0 aliphatic rings. The molecular formula is C6H11N5O2S. The number of hydrogen-bond donors (Lipinski definition) is 4. The molecule has 0 aromatic carbocycles. The number of nitrogens with one attached hydrogen (secondary N) is 2. The molecule has 0 unspecified atom stereocenters. The Hall–Kier alpha value is -1.41. The number of nitrogens with two attached hydrogens (primary N) is 1. The Morgan fingerprint density at radius 3 is 3.07 bits per heavy atom. The summed E-state index contributed by atoms with van der Waals surface area (Å²) in [6.07, 6.45) is 0. The number of urea groups is 1. The fourth-order valence-electron chi connectivity index (χ4n) is 0.992. The first-order valence-electron chi connectivity index (χ1n) is 3.93. The van der Waals surface area contributed by atoms with Crippen molar-refractivity contribution in [3.63, 3.8) is 0 Å². The van der Waals surface area contributed by atoms with E-state index in [1.165, 1.54) is 0 Å². The molecule has 8 heteroatoms. The second kappa shape index (κ2) is 4.72. The Kier molecular flexibility index (Phi) is 3.60. The highest BCUT2D eigenvalue weighted by molar-refractivity contribution is 7.71. The lowest BCUT2D eigenvalue weighted by Crippen LogP contribution is -2.32. The minimum Gasteiger partial charge on any atom is -0.388 e. The number of amides is 2. The Bertz CT molecular complexity index is 371. The summed E-state index contributed by atoms with van der Waals surface area (Å²) in [5.41, 5.74) is 4.88. The number of H-pyrrole nitrogens is 1. The van der Waals surface area contributed by atoms with Gasteiger partial charge in [-0.25, -0.2) is 4.79 Å². The van der Waals surface area contributed by atoms with Gasteiger partial charge in [0.25, 0.3) is 0 Å². The maximum atomic E-state index is 10.4. The maximum absolute atomic E-state index is 10.4. The van der Waals surface area contributed by atoms with Gasteiger partial charge in [0.1, 0.15) is 6.61 Å². The van der Waals surface area contributed by atoms with Crippen LogP contribution in [-0.4, -0.2) is 32.4 Å². The summed E-state index contributed by atoms with van der Waals surface area (Å²) in [6.45, 7) is 0.564. The Labute approximate surface area is 84.9 Å². The third kappa shape index (κ3) is 2.54. The summed E-state index contributed by atoms with van der Waals surface area (Å²) < 4.78 is 1.99. The highest BCUT2D eigenvalue weighted by Crippen LogP contribution is 1.96. The van der Waals surface area contributed by atoms with Crippen LogP contribution < -0.4 is 11.1 Å². The number of rotatable bonds is 4. The quantitative estimate of drug-likeness (QED) is 0.490. The molecular weight excluding hydrogens is 206 g/mol. The molecule has 2 amide bonds. The number of carbonyl (C=O) groups excluding carboxylic acids is 1. The van der Waals surface area contributed by atoms with Gasteiger partial charge in [0.05, 0.1) is 0 Å². The van der Waals surface area contributed by atoms with E-state index in [4.69, 9.17) is 23.1 Å². The largest absolute Gasteiger partial charge is 0.388 e. The van der Waals surface area contributed by atoms with Crippen LogP contribution in [0.1, 0.15) is 5.82 Å². The molecule has 7 nitrogen and oxygen atoms in total.